The SMILES string of the molecule is C=C(C)C(=O)OC[C@@H]1C[C@H]2C=C[C@@H]1C2. The summed E-state index contributed by atoms with van der Waals surface area (Å²) in [4.78, 5) is 11.2. The molecule has 1 saturated carbocycles. The molecule has 3 atom stereocenters. The molecule has 0 aliphatic heterocycles. The van der Waals surface area contributed by atoms with Crippen molar-refractivity contribution in [2.24, 2.45) is 17.8 Å². The van der Waals surface area contributed by atoms with Crippen LogP contribution >= 0.6 is 0 Å². The summed E-state index contributed by atoms with van der Waals surface area (Å²) >= 11 is 0. The lowest BCUT2D eigenvalue weighted by molar-refractivity contribution is -0.140. The molecule has 0 unspecified atom stereocenters. The molecule has 2 aliphatic carbocycles. The summed E-state index contributed by atoms with van der Waals surface area (Å²) < 4.78 is 5.17. The Kier molecular flexibility index (Phi) is 2.44. The number of carbonyl (C=O) groups excluding carboxylic acids is 1. The Labute approximate surface area is 84.6 Å². The van der Waals surface area contributed by atoms with E-state index in [9.17, 15) is 4.79 Å². The fourth-order valence-corrected chi connectivity index (χ4v) is 2.39. The Morgan fingerprint density at radius 2 is 2.29 bits per heavy atom. The first-order valence-corrected chi connectivity index (χ1v) is 5.18. The summed E-state index contributed by atoms with van der Waals surface area (Å²) in [6.45, 7) is 5.81. The quantitative estimate of drug-likeness (QED) is 0.389. The highest BCUT2D eigenvalue weighted by Gasteiger charge is 2.36. The van der Waals surface area contributed by atoms with Gasteiger partial charge in [-0.1, -0.05) is 18.7 Å². The topological polar surface area (TPSA) is 26.3 Å². The van der Waals surface area contributed by atoms with Crippen molar-refractivity contribution in [2.45, 2.75) is 19.8 Å². The van der Waals surface area contributed by atoms with E-state index in [1.54, 1.807) is 6.92 Å². The molecule has 0 amide bonds. The van der Waals surface area contributed by atoms with E-state index in [4.69, 9.17) is 4.74 Å². The molecule has 14 heavy (non-hydrogen) atoms. The van der Waals surface area contributed by atoms with E-state index in [0.29, 0.717) is 24.0 Å². The van der Waals surface area contributed by atoms with Gasteiger partial charge in [0.25, 0.3) is 0 Å². The largest absolute Gasteiger partial charge is 0.462 e. The highest BCUT2D eigenvalue weighted by molar-refractivity contribution is 5.86. The monoisotopic (exact) mass is 192 g/mol. The molecule has 2 nitrogen and oxygen atoms in total. The van der Waals surface area contributed by atoms with Crippen molar-refractivity contribution in [1.82, 2.24) is 0 Å². The molecule has 0 spiro atoms. The van der Waals surface area contributed by atoms with E-state index in [-0.39, 0.29) is 5.97 Å². The zero-order valence-electron chi connectivity index (χ0n) is 8.53. The smallest absolute Gasteiger partial charge is 0.333 e. The number of hydrogen-bond donors (Lipinski definition) is 0. The van der Waals surface area contributed by atoms with Crippen LogP contribution in [0.15, 0.2) is 24.3 Å². The Balaban J connectivity index is 1.80. The molecule has 0 saturated heterocycles. The number of allylic oxidation sites excluding steroid dienone is 2. The minimum absolute atomic E-state index is 0.253. The van der Waals surface area contributed by atoms with Crippen LogP contribution in [0.25, 0.3) is 0 Å². The van der Waals surface area contributed by atoms with Crippen LogP contribution in [0, 0.1) is 17.8 Å². The molecule has 0 aromatic carbocycles. The maximum absolute atomic E-state index is 11.2. The number of esters is 1. The summed E-state index contributed by atoms with van der Waals surface area (Å²) in [5, 5.41) is 0. The molecule has 2 heteroatoms. The predicted octanol–water partition coefficient (Wildman–Crippen LogP) is 2.32. The van der Waals surface area contributed by atoms with Gasteiger partial charge in [0.05, 0.1) is 6.61 Å². The molecule has 0 aromatic rings. The van der Waals surface area contributed by atoms with Crippen molar-refractivity contribution in [1.29, 1.82) is 0 Å². The van der Waals surface area contributed by atoms with Crippen LogP contribution in [-0.2, 0) is 9.53 Å². The first kappa shape index (κ1) is 9.50. The maximum atomic E-state index is 11.2. The van der Waals surface area contributed by atoms with E-state index in [2.05, 4.69) is 18.7 Å². The second-order valence-corrected chi connectivity index (χ2v) is 4.42. The summed E-state index contributed by atoms with van der Waals surface area (Å²) in [6.07, 6.45) is 7.01. The van der Waals surface area contributed by atoms with Crippen LogP contribution in [-0.4, -0.2) is 12.6 Å². The van der Waals surface area contributed by atoms with E-state index < -0.39 is 0 Å². The highest BCUT2D eigenvalue weighted by Crippen LogP contribution is 2.43. The minimum Gasteiger partial charge on any atom is -0.462 e. The second-order valence-electron chi connectivity index (χ2n) is 4.42. The third kappa shape index (κ3) is 1.74. The molecule has 0 aromatic heterocycles. The predicted molar refractivity (Wildman–Crippen MR) is 54.6 cm³/mol. The Morgan fingerprint density at radius 3 is 2.79 bits per heavy atom. The van der Waals surface area contributed by atoms with Crippen molar-refractivity contribution in [3.05, 3.63) is 24.3 Å². The van der Waals surface area contributed by atoms with E-state index in [1.165, 1.54) is 12.8 Å². The van der Waals surface area contributed by atoms with Gasteiger partial charge in [-0.25, -0.2) is 4.79 Å². The Bertz CT molecular complexity index is 291. The zero-order chi connectivity index (χ0) is 10.1. The fraction of sp³-hybridized carbons (Fsp3) is 0.583. The van der Waals surface area contributed by atoms with Gasteiger partial charge in [-0.2, -0.15) is 0 Å². The van der Waals surface area contributed by atoms with Crippen LogP contribution in [0.2, 0.25) is 0 Å². The molecular weight excluding hydrogens is 176 g/mol. The van der Waals surface area contributed by atoms with Crippen LogP contribution in [0.3, 0.4) is 0 Å². The molecule has 0 heterocycles. The lowest BCUT2D eigenvalue weighted by atomic mass is 9.95. The average Bonchev–Trinajstić information content (AvgIpc) is 2.74. The van der Waals surface area contributed by atoms with E-state index >= 15 is 0 Å². The van der Waals surface area contributed by atoms with Crippen LogP contribution < -0.4 is 0 Å². The molecule has 1 fully saturated rings. The van der Waals surface area contributed by atoms with Crippen LogP contribution in [0.5, 0.6) is 0 Å². The van der Waals surface area contributed by atoms with Crippen molar-refractivity contribution in [3.63, 3.8) is 0 Å². The van der Waals surface area contributed by atoms with Gasteiger partial charge in [0.2, 0.25) is 0 Å². The van der Waals surface area contributed by atoms with Crippen molar-refractivity contribution >= 4 is 5.97 Å². The van der Waals surface area contributed by atoms with Gasteiger partial charge in [0.15, 0.2) is 0 Å². The highest BCUT2D eigenvalue weighted by atomic mass is 16.5. The summed E-state index contributed by atoms with van der Waals surface area (Å²) in [5.41, 5.74) is 0.490. The van der Waals surface area contributed by atoms with Gasteiger partial charge in [-0.05, 0) is 37.5 Å². The summed E-state index contributed by atoms with van der Waals surface area (Å²) in [7, 11) is 0. The summed E-state index contributed by atoms with van der Waals surface area (Å²) in [6, 6.07) is 0. The number of rotatable bonds is 3. The molecule has 0 radical (unpaired) electrons. The van der Waals surface area contributed by atoms with Crippen molar-refractivity contribution in [2.75, 3.05) is 6.61 Å². The number of ether oxygens (including phenoxy) is 1. The van der Waals surface area contributed by atoms with Crippen LogP contribution in [0.1, 0.15) is 19.8 Å². The lowest BCUT2D eigenvalue weighted by Crippen LogP contribution is -2.17. The third-order valence-corrected chi connectivity index (χ3v) is 3.19. The van der Waals surface area contributed by atoms with Gasteiger partial charge < -0.3 is 4.74 Å². The Hall–Kier alpha value is -1.05. The standard InChI is InChI=1S/C12H16O2/c1-8(2)12(13)14-7-11-6-9-3-4-10(11)5-9/h3-4,9-11H,1,5-7H2,2H3/t9-,10+,11-/m0/s1. The summed E-state index contributed by atoms with van der Waals surface area (Å²) in [5.74, 6) is 1.69. The number of fused-ring (bicyclic) bond motifs is 2. The van der Waals surface area contributed by atoms with Gasteiger partial charge in [0, 0.05) is 5.57 Å². The maximum Gasteiger partial charge on any atom is 0.333 e. The van der Waals surface area contributed by atoms with Crippen molar-refractivity contribution in [3.8, 4) is 0 Å². The second kappa shape index (κ2) is 3.60. The first-order valence-electron chi connectivity index (χ1n) is 5.18. The molecule has 2 rings (SSSR count). The lowest BCUT2D eigenvalue weighted by Gasteiger charge is -2.17. The van der Waals surface area contributed by atoms with Gasteiger partial charge in [-0.3, -0.25) is 0 Å². The van der Waals surface area contributed by atoms with Crippen molar-refractivity contribution < 1.29 is 9.53 Å². The first-order chi connectivity index (χ1) is 6.66. The van der Waals surface area contributed by atoms with E-state index in [1.807, 2.05) is 0 Å². The van der Waals surface area contributed by atoms with Gasteiger partial charge in [0.1, 0.15) is 0 Å². The third-order valence-electron chi connectivity index (χ3n) is 3.19. The van der Waals surface area contributed by atoms with E-state index in [0.717, 1.165) is 5.92 Å². The molecule has 0 N–H and O–H groups in total. The van der Waals surface area contributed by atoms with Gasteiger partial charge >= 0.3 is 5.97 Å². The minimum atomic E-state index is -0.253. The molecule has 76 valence electrons. The molecule has 2 aliphatic rings. The number of carbonyl (C=O) groups is 1. The fourth-order valence-electron chi connectivity index (χ4n) is 2.39. The molecular formula is C12H16O2. The average molecular weight is 192 g/mol. The number of hydrogen-bond acceptors (Lipinski definition) is 2. The normalized spacial score (nSPS) is 33.4. The van der Waals surface area contributed by atoms with Gasteiger partial charge in [-0.15, -0.1) is 0 Å². The van der Waals surface area contributed by atoms with Crippen LogP contribution in [0.4, 0.5) is 0 Å². The zero-order valence-corrected chi connectivity index (χ0v) is 8.53. The Morgan fingerprint density at radius 1 is 1.50 bits per heavy atom. The molecule has 2 bridgehead atoms.